The van der Waals surface area contributed by atoms with Crippen molar-refractivity contribution in [1.29, 1.82) is 0 Å². The maximum absolute atomic E-state index is 11.5. The molecule has 6 heteroatoms. The number of nitrogens with zero attached hydrogens (tertiary/aromatic N) is 2. The highest BCUT2D eigenvalue weighted by atomic mass is 35.5. The van der Waals surface area contributed by atoms with E-state index in [-0.39, 0.29) is 11.3 Å². The van der Waals surface area contributed by atoms with Gasteiger partial charge in [-0.15, -0.1) is 10.2 Å². The van der Waals surface area contributed by atoms with Crippen molar-refractivity contribution in [1.82, 2.24) is 4.98 Å². The first-order valence-electron chi connectivity index (χ1n) is 4.48. The van der Waals surface area contributed by atoms with Crippen LogP contribution in [0.15, 0.2) is 28.4 Å². The summed E-state index contributed by atoms with van der Waals surface area (Å²) in [4.78, 5) is 25.8. The molecule has 0 bridgehead atoms. The van der Waals surface area contributed by atoms with Gasteiger partial charge in [0.15, 0.2) is 0 Å². The third-order valence-electron chi connectivity index (χ3n) is 2.42. The zero-order valence-electron chi connectivity index (χ0n) is 7.82. The third kappa shape index (κ3) is 1.12. The van der Waals surface area contributed by atoms with E-state index in [0.717, 1.165) is 0 Å². The van der Waals surface area contributed by atoms with E-state index < -0.39 is 11.8 Å². The monoisotopic (exact) mass is 233 g/mol. The van der Waals surface area contributed by atoms with Crippen LogP contribution in [0.2, 0.25) is 5.02 Å². The predicted octanol–water partition coefficient (Wildman–Crippen LogP) is 2.57. The summed E-state index contributed by atoms with van der Waals surface area (Å²) in [5.74, 6) is -1.06. The van der Waals surface area contributed by atoms with Gasteiger partial charge in [0.25, 0.3) is 5.91 Å². The minimum atomic E-state index is -0.540. The molecule has 0 saturated carbocycles. The lowest BCUT2D eigenvalue weighted by Crippen LogP contribution is -2.09. The van der Waals surface area contributed by atoms with E-state index in [1.807, 2.05) is 0 Å². The van der Waals surface area contributed by atoms with E-state index in [1.54, 1.807) is 18.2 Å². The molecule has 5 nitrogen and oxygen atoms in total. The molecule has 1 aliphatic rings. The molecule has 1 aromatic heterocycles. The number of rotatable bonds is 0. The maximum Gasteiger partial charge on any atom is 0.312 e. The minimum Gasteiger partial charge on any atom is -0.350 e. The van der Waals surface area contributed by atoms with Crippen molar-refractivity contribution >= 4 is 34.3 Å². The van der Waals surface area contributed by atoms with E-state index in [2.05, 4.69) is 15.2 Å². The van der Waals surface area contributed by atoms with Crippen molar-refractivity contribution in [2.24, 2.45) is 10.2 Å². The average molecular weight is 234 g/mol. The number of H-pyrrole nitrogens is 1. The number of nitrogens with one attached hydrogen (secondary N) is 1. The standard InChI is InChI=1S/C10H4ClN3O2/c11-4-1-2-6-5(3-4)7-8(12-6)10(16)14-13-9(7)15/h1-3,12H. The number of benzene rings is 1. The molecular formula is C10H4ClN3O2. The van der Waals surface area contributed by atoms with Crippen LogP contribution in [0.1, 0.15) is 20.8 Å². The number of fused-ring (bicyclic) bond motifs is 3. The number of carbonyl (C=O) groups is 2. The normalized spacial score (nSPS) is 14.6. The second-order valence-electron chi connectivity index (χ2n) is 3.38. The van der Waals surface area contributed by atoms with Crippen molar-refractivity contribution in [3.8, 4) is 0 Å². The smallest absolute Gasteiger partial charge is 0.312 e. The quantitative estimate of drug-likeness (QED) is 0.759. The molecule has 1 aromatic carbocycles. The van der Waals surface area contributed by atoms with Gasteiger partial charge in [-0.05, 0) is 18.2 Å². The lowest BCUT2D eigenvalue weighted by Gasteiger charge is -2.00. The van der Waals surface area contributed by atoms with Crippen molar-refractivity contribution < 1.29 is 9.59 Å². The first-order chi connectivity index (χ1) is 7.66. The zero-order chi connectivity index (χ0) is 11.3. The van der Waals surface area contributed by atoms with E-state index >= 15 is 0 Å². The highest BCUT2D eigenvalue weighted by molar-refractivity contribution is 6.31. The number of halogens is 1. The van der Waals surface area contributed by atoms with Crippen molar-refractivity contribution in [2.45, 2.75) is 0 Å². The number of carbonyl (C=O) groups excluding carboxylic acids is 2. The molecule has 2 heterocycles. The van der Waals surface area contributed by atoms with Gasteiger partial charge in [0.05, 0.1) is 5.56 Å². The minimum absolute atomic E-state index is 0.178. The van der Waals surface area contributed by atoms with E-state index in [4.69, 9.17) is 11.6 Å². The number of hydrogen-bond donors (Lipinski definition) is 1. The van der Waals surface area contributed by atoms with Gasteiger partial charge >= 0.3 is 5.91 Å². The summed E-state index contributed by atoms with van der Waals surface area (Å²) in [6.45, 7) is 0. The van der Waals surface area contributed by atoms with Gasteiger partial charge in [0.2, 0.25) is 0 Å². The predicted molar refractivity (Wildman–Crippen MR) is 56.8 cm³/mol. The Morgan fingerprint density at radius 3 is 2.69 bits per heavy atom. The van der Waals surface area contributed by atoms with Gasteiger partial charge < -0.3 is 4.98 Å². The molecule has 3 rings (SSSR count). The molecule has 0 unspecified atom stereocenters. The summed E-state index contributed by atoms with van der Waals surface area (Å²) in [5.41, 5.74) is 1.10. The fourth-order valence-corrected chi connectivity index (χ4v) is 1.91. The fourth-order valence-electron chi connectivity index (χ4n) is 1.74. The van der Waals surface area contributed by atoms with Crippen molar-refractivity contribution in [3.63, 3.8) is 0 Å². The van der Waals surface area contributed by atoms with Gasteiger partial charge in [-0.1, -0.05) is 11.6 Å². The lowest BCUT2D eigenvalue weighted by molar-refractivity contribution is 0.0919. The van der Waals surface area contributed by atoms with Gasteiger partial charge in [-0.2, -0.15) is 0 Å². The van der Waals surface area contributed by atoms with E-state index in [9.17, 15) is 9.59 Å². The summed E-state index contributed by atoms with van der Waals surface area (Å²) in [6.07, 6.45) is 0. The molecule has 1 aliphatic heterocycles. The second-order valence-corrected chi connectivity index (χ2v) is 3.81. The number of aromatic amines is 1. The second kappa shape index (κ2) is 2.99. The van der Waals surface area contributed by atoms with E-state index in [0.29, 0.717) is 15.9 Å². The summed E-state index contributed by atoms with van der Waals surface area (Å²) in [5, 5.41) is 7.61. The summed E-state index contributed by atoms with van der Waals surface area (Å²) in [7, 11) is 0. The van der Waals surface area contributed by atoms with Crippen molar-refractivity contribution in [3.05, 3.63) is 34.5 Å². The average Bonchev–Trinajstić information content (AvgIpc) is 2.63. The summed E-state index contributed by atoms with van der Waals surface area (Å²) >= 11 is 5.84. The Kier molecular flexibility index (Phi) is 1.73. The Bertz CT molecular complexity index is 672. The van der Waals surface area contributed by atoms with Crippen LogP contribution in [0.25, 0.3) is 10.9 Å². The van der Waals surface area contributed by atoms with E-state index in [1.165, 1.54) is 0 Å². The molecule has 0 radical (unpaired) electrons. The van der Waals surface area contributed by atoms with Gasteiger partial charge in [-0.3, -0.25) is 9.59 Å². The first-order valence-corrected chi connectivity index (χ1v) is 4.86. The molecule has 0 aliphatic carbocycles. The molecule has 2 amide bonds. The molecule has 0 fully saturated rings. The van der Waals surface area contributed by atoms with Gasteiger partial charge in [0.1, 0.15) is 5.69 Å². The number of aromatic nitrogens is 1. The number of hydrogen-bond acceptors (Lipinski definition) is 2. The molecule has 78 valence electrons. The third-order valence-corrected chi connectivity index (χ3v) is 2.66. The maximum atomic E-state index is 11.5. The molecule has 2 aromatic rings. The zero-order valence-corrected chi connectivity index (χ0v) is 8.58. The van der Waals surface area contributed by atoms with Crippen LogP contribution in [0.3, 0.4) is 0 Å². The summed E-state index contributed by atoms with van der Waals surface area (Å²) < 4.78 is 0. The topological polar surface area (TPSA) is 74.7 Å². The molecular weight excluding hydrogens is 230 g/mol. The van der Waals surface area contributed by atoms with Crippen LogP contribution in [0.5, 0.6) is 0 Å². The molecule has 0 atom stereocenters. The largest absolute Gasteiger partial charge is 0.350 e. The van der Waals surface area contributed by atoms with Gasteiger partial charge in [-0.25, -0.2) is 0 Å². The van der Waals surface area contributed by atoms with Crippen LogP contribution in [-0.2, 0) is 0 Å². The Labute approximate surface area is 94.1 Å². The lowest BCUT2D eigenvalue weighted by atomic mass is 10.1. The van der Waals surface area contributed by atoms with Crippen molar-refractivity contribution in [2.75, 3.05) is 0 Å². The Morgan fingerprint density at radius 2 is 1.88 bits per heavy atom. The van der Waals surface area contributed by atoms with Gasteiger partial charge in [0, 0.05) is 15.9 Å². The van der Waals surface area contributed by atoms with Crippen LogP contribution in [0, 0.1) is 0 Å². The van der Waals surface area contributed by atoms with Crippen LogP contribution < -0.4 is 0 Å². The number of amides is 2. The Morgan fingerprint density at radius 1 is 1.12 bits per heavy atom. The SMILES string of the molecule is O=C1N=NC(=O)c2c1[nH]c1ccc(Cl)cc21. The highest BCUT2D eigenvalue weighted by Crippen LogP contribution is 2.28. The summed E-state index contributed by atoms with van der Waals surface area (Å²) in [6, 6.07) is 5.00. The first kappa shape index (κ1) is 9.23. The molecule has 0 saturated heterocycles. The van der Waals surface area contributed by atoms with Crippen LogP contribution in [-0.4, -0.2) is 16.8 Å². The van der Waals surface area contributed by atoms with Crippen LogP contribution in [0.4, 0.5) is 0 Å². The highest BCUT2D eigenvalue weighted by Gasteiger charge is 2.26. The van der Waals surface area contributed by atoms with Crippen LogP contribution >= 0.6 is 11.6 Å². The Balaban J connectivity index is 2.45. The number of azo groups is 1. The molecule has 16 heavy (non-hydrogen) atoms. The fraction of sp³-hybridized carbons (Fsp3) is 0. The molecule has 1 N–H and O–H groups in total. The Hall–Kier alpha value is -2.01. The molecule has 0 spiro atoms.